The third kappa shape index (κ3) is 3.20. The smallest absolute Gasteiger partial charge is 0.248 e. The molecule has 1 unspecified atom stereocenters. The summed E-state index contributed by atoms with van der Waals surface area (Å²) in [6.07, 6.45) is 5.55. The first kappa shape index (κ1) is 16.4. The van der Waals surface area contributed by atoms with Crippen LogP contribution in [0.15, 0.2) is 71.8 Å². The number of amides is 1. The summed E-state index contributed by atoms with van der Waals surface area (Å²) in [7, 11) is 0. The molecule has 130 valence electrons. The van der Waals surface area contributed by atoms with E-state index in [0.29, 0.717) is 10.6 Å². The molecular weight excluding hydrogens is 350 g/mol. The highest BCUT2D eigenvalue weighted by Gasteiger charge is 2.27. The van der Waals surface area contributed by atoms with Gasteiger partial charge in [0.2, 0.25) is 5.91 Å². The summed E-state index contributed by atoms with van der Waals surface area (Å²) in [6.45, 7) is 0. The summed E-state index contributed by atoms with van der Waals surface area (Å²) >= 11 is 6.12. The van der Waals surface area contributed by atoms with Gasteiger partial charge in [-0.3, -0.25) is 9.80 Å². The maximum Gasteiger partial charge on any atom is 0.248 e. The van der Waals surface area contributed by atoms with Gasteiger partial charge >= 0.3 is 0 Å². The lowest BCUT2D eigenvalue weighted by atomic mass is 10.1. The fourth-order valence-corrected chi connectivity index (χ4v) is 3.03. The number of nitrogens with zero attached hydrogens (tertiary/aromatic N) is 2. The van der Waals surface area contributed by atoms with Gasteiger partial charge in [-0.05, 0) is 48.6 Å². The van der Waals surface area contributed by atoms with Crippen LogP contribution in [-0.4, -0.2) is 23.0 Å². The second kappa shape index (κ2) is 6.67. The Hall–Kier alpha value is -3.09. The first-order valence-electron chi connectivity index (χ1n) is 8.05. The zero-order valence-corrected chi connectivity index (χ0v) is 14.4. The van der Waals surface area contributed by atoms with Crippen molar-refractivity contribution in [2.24, 2.45) is 10.7 Å². The predicted molar refractivity (Wildman–Crippen MR) is 103 cm³/mol. The van der Waals surface area contributed by atoms with Gasteiger partial charge in [0.1, 0.15) is 5.84 Å². The molecule has 26 heavy (non-hydrogen) atoms. The largest absolute Gasteiger partial charge is 0.366 e. The topological polar surface area (TPSA) is 82.8 Å². The molecule has 4 N–H and O–H groups in total. The molecule has 2 aliphatic heterocycles. The third-order valence-corrected chi connectivity index (χ3v) is 4.31. The second-order valence-electron chi connectivity index (χ2n) is 5.86. The van der Waals surface area contributed by atoms with Gasteiger partial charge in [-0.15, -0.1) is 0 Å². The number of nitrogens with one attached hydrogen (secondary N) is 2. The first-order chi connectivity index (χ1) is 12.6. The van der Waals surface area contributed by atoms with Gasteiger partial charge in [-0.1, -0.05) is 29.8 Å². The Labute approximate surface area is 155 Å². The summed E-state index contributed by atoms with van der Waals surface area (Å²) in [5, 5.41) is 5.87. The second-order valence-corrected chi connectivity index (χ2v) is 6.30. The molecule has 0 aromatic heterocycles. The normalized spacial score (nSPS) is 18.2. The average Bonchev–Trinajstić information content (AvgIpc) is 3.04. The number of amidine groups is 1. The van der Waals surface area contributed by atoms with Crippen LogP contribution in [0, 0.1) is 0 Å². The molecule has 4 rings (SSSR count). The fraction of sp³-hybridized carbons (Fsp3) is 0.0526. The van der Waals surface area contributed by atoms with Gasteiger partial charge < -0.3 is 11.1 Å². The van der Waals surface area contributed by atoms with Gasteiger partial charge in [-0.25, -0.2) is 4.99 Å². The number of aliphatic imine (C=N–C) groups is 1. The maximum atomic E-state index is 11.2. The van der Waals surface area contributed by atoms with E-state index in [0.717, 1.165) is 22.8 Å². The van der Waals surface area contributed by atoms with Crippen LogP contribution in [0.2, 0.25) is 5.02 Å². The van der Waals surface area contributed by atoms with Crippen molar-refractivity contribution in [2.75, 3.05) is 5.32 Å². The van der Waals surface area contributed by atoms with Crippen molar-refractivity contribution < 1.29 is 4.79 Å². The molecule has 1 atom stereocenters. The van der Waals surface area contributed by atoms with Gasteiger partial charge in [0, 0.05) is 21.8 Å². The molecule has 0 fully saturated rings. The molecule has 6 nitrogen and oxygen atoms in total. The van der Waals surface area contributed by atoms with E-state index in [4.69, 9.17) is 17.3 Å². The number of rotatable bonds is 4. The average molecular weight is 366 g/mol. The number of fused-ring (bicyclic) bond motifs is 1. The quantitative estimate of drug-likeness (QED) is 0.778. The Morgan fingerprint density at radius 2 is 2.04 bits per heavy atom. The number of hydrogen-bond donors (Lipinski definition) is 3. The molecule has 0 saturated heterocycles. The molecule has 0 saturated carbocycles. The molecule has 0 bridgehead atoms. The van der Waals surface area contributed by atoms with Crippen molar-refractivity contribution in [2.45, 2.75) is 6.29 Å². The highest BCUT2D eigenvalue weighted by molar-refractivity contribution is 6.30. The minimum absolute atomic E-state index is 0.338. The molecule has 2 aromatic rings. The van der Waals surface area contributed by atoms with Crippen LogP contribution in [0.4, 0.5) is 5.69 Å². The third-order valence-electron chi connectivity index (χ3n) is 4.08. The number of halogens is 1. The summed E-state index contributed by atoms with van der Waals surface area (Å²) in [5.74, 6) is 0.350. The molecule has 0 spiro atoms. The van der Waals surface area contributed by atoms with Crippen LogP contribution in [0.25, 0.3) is 5.70 Å². The molecule has 2 heterocycles. The number of benzene rings is 2. The van der Waals surface area contributed by atoms with Crippen molar-refractivity contribution in [1.29, 1.82) is 0 Å². The van der Waals surface area contributed by atoms with Crippen molar-refractivity contribution in [3.8, 4) is 0 Å². The van der Waals surface area contributed by atoms with E-state index in [9.17, 15) is 4.79 Å². The van der Waals surface area contributed by atoms with Gasteiger partial charge in [-0.2, -0.15) is 5.43 Å². The van der Waals surface area contributed by atoms with Crippen molar-refractivity contribution >= 4 is 34.7 Å². The number of carbonyl (C=O) groups is 1. The number of hydrazine groups is 1. The van der Waals surface area contributed by atoms with E-state index in [-0.39, 0.29) is 6.29 Å². The lowest BCUT2D eigenvalue weighted by Crippen LogP contribution is -2.42. The van der Waals surface area contributed by atoms with Crippen LogP contribution in [0.1, 0.15) is 15.9 Å². The monoisotopic (exact) mass is 365 g/mol. The number of nitrogens with two attached hydrogens (primary N) is 1. The Balaban J connectivity index is 1.52. The Morgan fingerprint density at radius 1 is 1.23 bits per heavy atom. The predicted octanol–water partition coefficient (Wildman–Crippen LogP) is 2.96. The summed E-state index contributed by atoms with van der Waals surface area (Å²) in [5.41, 5.74) is 11.8. The van der Waals surface area contributed by atoms with E-state index in [1.54, 1.807) is 24.3 Å². The van der Waals surface area contributed by atoms with E-state index in [2.05, 4.69) is 15.7 Å². The molecule has 2 aromatic carbocycles. The zero-order chi connectivity index (χ0) is 18.1. The minimum atomic E-state index is -0.450. The molecule has 7 heteroatoms. The molecular formula is C19H16ClN5O. The van der Waals surface area contributed by atoms with Crippen LogP contribution in [0.5, 0.6) is 0 Å². The van der Waals surface area contributed by atoms with Gasteiger partial charge in [0.25, 0.3) is 0 Å². The van der Waals surface area contributed by atoms with Crippen LogP contribution in [0.3, 0.4) is 0 Å². The summed E-state index contributed by atoms with van der Waals surface area (Å²) < 4.78 is 0. The summed E-state index contributed by atoms with van der Waals surface area (Å²) in [6, 6.07) is 14.6. The van der Waals surface area contributed by atoms with Crippen molar-refractivity contribution in [3.63, 3.8) is 0 Å². The van der Waals surface area contributed by atoms with E-state index >= 15 is 0 Å². The number of allylic oxidation sites excluding steroid dienone is 2. The van der Waals surface area contributed by atoms with Crippen LogP contribution >= 0.6 is 11.6 Å². The number of hydrogen-bond acceptors (Lipinski definition) is 5. The first-order valence-corrected chi connectivity index (χ1v) is 8.43. The van der Waals surface area contributed by atoms with Crippen LogP contribution in [-0.2, 0) is 0 Å². The fourth-order valence-electron chi connectivity index (χ4n) is 2.84. The minimum Gasteiger partial charge on any atom is -0.366 e. The van der Waals surface area contributed by atoms with E-state index in [1.165, 1.54) is 0 Å². The number of anilines is 1. The Bertz CT molecular complexity index is 949. The van der Waals surface area contributed by atoms with E-state index < -0.39 is 5.91 Å². The number of carbonyl (C=O) groups excluding carboxylic acids is 1. The number of primary amides is 1. The van der Waals surface area contributed by atoms with Gasteiger partial charge in [0.15, 0.2) is 6.29 Å². The maximum absolute atomic E-state index is 11.2. The lowest BCUT2D eigenvalue weighted by Gasteiger charge is -2.26. The summed E-state index contributed by atoms with van der Waals surface area (Å²) in [4.78, 5) is 15.8. The lowest BCUT2D eigenvalue weighted by molar-refractivity contribution is 0.100. The van der Waals surface area contributed by atoms with Gasteiger partial charge in [0.05, 0.1) is 5.70 Å². The van der Waals surface area contributed by atoms with Crippen molar-refractivity contribution in [3.05, 3.63) is 82.9 Å². The standard InChI is InChI=1S/C19H16ClN5O/c20-14-4-1-3-13(11-14)16-5-2-6-17-23-19(24-25(16)17)22-15-9-7-12(8-10-15)18(21)26/h1-11,19,22,24H,(H2,21,26). The SMILES string of the molecule is NC(=O)c1ccc(NC2N=C3C=CC=C(c4cccc(Cl)c4)N3N2)cc1. The van der Waals surface area contributed by atoms with Crippen molar-refractivity contribution in [1.82, 2.24) is 10.4 Å². The molecule has 2 aliphatic rings. The molecule has 0 radical (unpaired) electrons. The highest BCUT2D eigenvalue weighted by Crippen LogP contribution is 2.27. The van der Waals surface area contributed by atoms with Crippen LogP contribution < -0.4 is 16.5 Å². The Kier molecular flexibility index (Phi) is 4.20. The molecule has 1 amide bonds. The highest BCUT2D eigenvalue weighted by atomic mass is 35.5. The molecule has 0 aliphatic carbocycles. The van der Waals surface area contributed by atoms with E-state index in [1.807, 2.05) is 47.5 Å². The zero-order valence-electron chi connectivity index (χ0n) is 13.7. The Morgan fingerprint density at radius 3 is 2.77 bits per heavy atom.